The Morgan fingerprint density at radius 3 is 2.52 bits per heavy atom. The summed E-state index contributed by atoms with van der Waals surface area (Å²) in [5.74, 6) is 0.0423. The van der Waals surface area contributed by atoms with E-state index in [1.165, 1.54) is 17.3 Å². The Labute approximate surface area is 180 Å². The largest absolute Gasteiger partial charge is 0.346 e. The quantitative estimate of drug-likeness (QED) is 0.702. The maximum absolute atomic E-state index is 12.5. The minimum Gasteiger partial charge on any atom is -0.346 e. The molecule has 0 aliphatic carbocycles. The van der Waals surface area contributed by atoms with E-state index in [4.69, 9.17) is 11.6 Å². The van der Waals surface area contributed by atoms with Crippen molar-refractivity contribution in [1.82, 2.24) is 4.90 Å². The molecular weight excluding hydrogens is 428 g/mol. The number of benzene rings is 2. The Balaban J connectivity index is 1.51. The predicted octanol–water partition coefficient (Wildman–Crippen LogP) is 3.22. The van der Waals surface area contributed by atoms with Gasteiger partial charge in [0.25, 0.3) is 5.91 Å². The lowest BCUT2D eigenvalue weighted by atomic mass is 10.1. The Morgan fingerprint density at radius 2 is 1.79 bits per heavy atom. The lowest BCUT2D eigenvalue weighted by Gasteiger charge is -2.24. The van der Waals surface area contributed by atoms with Crippen molar-refractivity contribution in [2.75, 3.05) is 18.1 Å². The van der Waals surface area contributed by atoms with Gasteiger partial charge in [-0.15, -0.1) is 0 Å². The van der Waals surface area contributed by atoms with Gasteiger partial charge in [-0.05, 0) is 29.7 Å². The number of carbonyl (C=O) groups excluding carboxylic acids is 1. The van der Waals surface area contributed by atoms with Crippen LogP contribution in [-0.4, -0.2) is 53.7 Å². The molecule has 2 aromatic carbocycles. The van der Waals surface area contributed by atoms with Crippen LogP contribution in [0.1, 0.15) is 11.1 Å². The Kier molecular flexibility index (Phi) is 5.99. The average Bonchev–Trinajstić information content (AvgIpc) is 3.14. The van der Waals surface area contributed by atoms with Crippen LogP contribution < -0.4 is 0 Å². The number of rotatable bonds is 5. The summed E-state index contributed by atoms with van der Waals surface area (Å²) in [6, 6.07) is 17.1. The SMILES string of the molecule is O=C(Cc1ccc(Cl)cc1)N=C1SC2CS(=O)(=O)CC2N1CCc1ccccc1. The van der Waals surface area contributed by atoms with Gasteiger partial charge in [-0.3, -0.25) is 4.79 Å². The number of hydrogen-bond acceptors (Lipinski definition) is 4. The van der Waals surface area contributed by atoms with Crippen LogP contribution in [0.15, 0.2) is 59.6 Å². The van der Waals surface area contributed by atoms with E-state index in [-0.39, 0.29) is 35.1 Å². The van der Waals surface area contributed by atoms with E-state index in [9.17, 15) is 13.2 Å². The topological polar surface area (TPSA) is 66.8 Å². The van der Waals surface area contributed by atoms with E-state index < -0.39 is 9.84 Å². The van der Waals surface area contributed by atoms with Gasteiger partial charge in [-0.2, -0.15) is 4.99 Å². The molecule has 0 radical (unpaired) electrons. The van der Waals surface area contributed by atoms with Crippen LogP contribution >= 0.6 is 23.4 Å². The number of thioether (sulfide) groups is 1. The summed E-state index contributed by atoms with van der Waals surface area (Å²) in [6.07, 6.45) is 0.969. The van der Waals surface area contributed by atoms with Crippen molar-refractivity contribution in [3.8, 4) is 0 Å². The Bertz CT molecular complexity index is 1020. The van der Waals surface area contributed by atoms with Crippen LogP contribution in [0.5, 0.6) is 0 Å². The van der Waals surface area contributed by atoms with E-state index in [2.05, 4.69) is 17.1 Å². The summed E-state index contributed by atoms with van der Waals surface area (Å²) < 4.78 is 24.2. The van der Waals surface area contributed by atoms with E-state index >= 15 is 0 Å². The third-order valence-corrected chi connectivity index (χ3v) is 8.65. The first-order valence-electron chi connectivity index (χ1n) is 9.43. The minimum absolute atomic E-state index is 0.0575. The molecule has 0 saturated carbocycles. The molecule has 1 amide bonds. The molecule has 152 valence electrons. The lowest BCUT2D eigenvalue weighted by molar-refractivity contribution is -0.117. The van der Waals surface area contributed by atoms with Gasteiger partial charge in [0.2, 0.25) is 0 Å². The summed E-state index contributed by atoms with van der Waals surface area (Å²) >= 11 is 7.32. The number of halogens is 1. The van der Waals surface area contributed by atoms with Crippen molar-refractivity contribution >= 4 is 44.3 Å². The fourth-order valence-corrected chi connectivity index (χ4v) is 7.84. The summed E-state index contributed by atoms with van der Waals surface area (Å²) in [7, 11) is -3.04. The van der Waals surface area contributed by atoms with Crippen LogP contribution in [0.25, 0.3) is 0 Å². The first-order valence-corrected chi connectivity index (χ1v) is 12.5. The smallest absolute Gasteiger partial charge is 0.252 e. The standard InChI is InChI=1S/C21H21ClN2O3S2/c22-17-8-6-16(7-9-17)12-20(25)23-21-24(11-10-15-4-2-1-3-5-15)18-13-29(26,27)14-19(18)28-21/h1-9,18-19H,10-14H2. The van der Waals surface area contributed by atoms with Crippen molar-refractivity contribution in [3.63, 3.8) is 0 Å². The van der Waals surface area contributed by atoms with Crippen LogP contribution in [0.4, 0.5) is 0 Å². The number of aliphatic imine (C=N–C) groups is 1. The van der Waals surface area contributed by atoms with E-state index in [1.807, 2.05) is 35.2 Å². The Hall–Kier alpha value is -1.83. The molecule has 2 saturated heterocycles. The first-order chi connectivity index (χ1) is 13.9. The van der Waals surface area contributed by atoms with Gasteiger partial charge >= 0.3 is 0 Å². The average molecular weight is 449 g/mol. The molecule has 4 rings (SSSR count). The van der Waals surface area contributed by atoms with Crippen molar-refractivity contribution < 1.29 is 13.2 Å². The zero-order valence-electron chi connectivity index (χ0n) is 15.7. The molecule has 0 spiro atoms. The van der Waals surface area contributed by atoms with E-state index in [1.54, 1.807) is 12.1 Å². The Morgan fingerprint density at radius 1 is 1.07 bits per heavy atom. The summed E-state index contributed by atoms with van der Waals surface area (Å²) in [5.41, 5.74) is 2.03. The first kappa shape index (κ1) is 20.4. The van der Waals surface area contributed by atoms with Gasteiger partial charge in [0.05, 0.1) is 24.0 Å². The second-order valence-electron chi connectivity index (χ2n) is 7.32. The van der Waals surface area contributed by atoms with E-state index in [0.717, 1.165) is 12.0 Å². The van der Waals surface area contributed by atoms with Gasteiger partial charge in [-0.1, -0.05) is 65.8 Å². The molecule has 2 atom stereocenters. The number of fused-ring (bicyclic) bond motifs is 1. The maximum Gasteiger partial charge on any atom is 0.252 e. The van der Waals surface area contributed by atoms with Crippen LogP contribution in [0.3, 0.4) is 0 Å². The molecule has 2 aliphatic heterocycles. The number of hydrogen-bond donors (Lipinski definition) is 0. The lowest BCUT2D eigenvalue weighted by Crippen LogP contribution is -2.39. The molecule has 2 aromatic rings. The minimum atomic E-state index is -3.04. The molecule has 2 unspecified atom stereocenters. The second kappa shape index (κ2) is 8.50. The maximum atomic E-state index is 12.5. The number of amides is 1. The number of sulfone groups is 1. The van der Waals surface area contributed by atoms with Crippen LogP contribution in [-0.2, 0) is 27.5 Å². The van der Waals surface area contributed by atoms with Crippen LogP contribution in [0.2, 0.25) is 5.02 Å². The zero-order valence-corrected chi connectivity index (χ0v) is 18.1. The van der Waals surface area contributed by atoms with E-state index in [0.29, 0.717) is 16.7 Å². The van der Waals surface area contributed by atoms with Gasteiger partial charge in [0.15, 0.2) is 15.0 Å². The molecule has 2 aliphatic rings. The molecule has 0 aromatic heterocycles. The molecule has 2 fully saturated rings. The molecule has 2 heterocycles. The van der Waals surface area contributed by atoms with Gasteiger partial charge in [0, 0.05) is 16.8 Å². The fourth-order valence-electron chi connectivity index (χ4n) is 3.71. The highest BCUT2D eigenvalue weighted by Crippen LogP contribution is 2.38. The van der Waals surface area contributed by atoms with Gasteiger partial charge < -0.3 is 4.90 Å². The van der Waals surface area contributed by atoms with Gasteiger partial charge in [-0.25, -0.2) is 8.42 Å². The molecule has 8 heteroatoms. The number of carbonyl (C=O) groups is 1. The van der Waals surface area contributed by atoms with Crippen LogP contribution in [0, 0.1) is 0 Å². The number of amidine groups is 1. The van der Waals surface area contributed by atoms with Crippen molar-refractivity contribution in [2.45, 2.75) is 24.1 Å². The molecule has 0 bridgehead atoms. The third-order valence-electron chi connectivity index (χ3n) is 5.15. The highest BCUT2D eigenvalue weighted by molar-refractivity contribution is 8.15. The summed E-state index contributed by atoms with van der Waals surface area (Å²) in [5, 5.41) is 1.21. The molecular formula is C21H21ClN2O3S2. The van der Waals surface area contributed by atoms with Crippen molar-refractivity contribution in [3.05, 3.63) is 70.7 Å². The summed E-state index contributed by atoms with van der Waals surface area (Å²) in [6.45, 7) is 0.640. The van der Waals surface area contributed by atoms with Crippen molar-refractivity contribution in [1.29, 1.82) is 0 Å². The van der Waals surface area contributed by atoms with Gasteiger partial charge in [0.1, 0.15) is 0 Å². The fraction of sp³-hybridized carbons (Fsp3) is 0.333. The normalized spacial score (nSPS) is 24.0. The summed E-state index contributed by atoms with van der Waals surface area (Å²) in [4.78, 5) is 18.9. The molecule has 0 N–H and O–H groups in total. The third kappa shape index (κ3) is 5.02. The molecule has 5 nitrogen and oxygen atoms in total. The highest BCUT2D eigenvalue weighted by atomic mass is 35.5. The zero-order chi connectivity index (χ0) is 20.4. The molecule has 29 heavy (non-hydrogen) atoms. The predicted molar refractivity (Wildman–Crippen MR) is 118 cm³/mol. The second-order valence-corrected chi connectivity index (χ2v) is 11.1. The monoisotopic (exact) mass is 448 g/mol. The van der Waals surface area contributed by atoms with Crippen molar-refractivity contribution in [2.24, 2.45) is 4.99 Å². The highest BCUT2D eigenvalue weighted by Gasteiger charge is 2.48. The number of nitrogens with zero attached hydrogens (tertiary/aromatic N) is 2.